The smallest absolute Gasteiger partial charge is 0.335 e. The van der Waals surface area contributed by atoms with Crippen LogP contribution in [-0.4, -0.2) is 30.1 Å². The lowest BCUT2D eigenvalue weighted by molar-refractivity contribution is -0.132. The molecule has 0 amide bonds. The summed E-state index contributed by atoms with van der Waals surface area (Å²) in [4.78, 5) is 14.5. The van der Waals surface area contributed by atoms with Crippen molar-refractivity contribution in [3.8, 4) is 0 Å². The predicted octanol–water partition coefficient (Wildman–Crippen LogP) is 0.393. The van der Waals surface area contributed by atoms with Crippen LogP contribution in [0.15, 0.2) is 11.9 Å². The summed E-state index contributed by atoms with van der Waals surface area (Å²) in [5, 5.41) is 8.31. The van der Waals surface area contributed by atoms with E-state index in [9.17, 15) is 4.79 Å². The van der Waals surface area contributed by atoms with E-state index >= 15 is 0 Å². The van der Waals surface area contributed by atoms with Crippen molar-refractivity contribution in [1.29, 1.82) is 0 Å². The van der Waals surface area contributed by atoms with Crippen LogP contribution in [0.5, 0.6) is 0 Å². The fraction of sp³-hybridized carbons (Fsp3) is 0.333. The summed E-state index contributed by atoms with van der Waals surface area (Å²) in [5.41, 5.74) is -0.273. The summed E-state index contributed by atoms with van der Waals surface area (Å²) >= 11 is 0. The highest BCUT2D eigenvalue weighted by atomic mass is 16.4. The van der Waals surface area contributed by atoms with Gasteiger partial charge in [0.15, 0.2) is 0 Å². The van der Waals surface area contributed by atoms with Crippen molar-refractivity contribution >= 4 is 5.97 Å². The molecule has 0 saturated carbocycles. The van der Waals surface area contributed by atoms with Crippen LogP contribution in [0.4, 0.5) is 0 Å². The molecular formula is C6H8N2O2. The molecule has 0 heterocycles. The number of carbonyl (C=O) groups is 1. The lowest BCUT2D eigenvalue weighted by atomic mass is 10.5. The van der Waals surface area contributed by atoms with Crippen LogP contribution in [0.3, 0.4) is 0 Å². The summed E-state index contributed by atoms with van der Waals surface area (Å²) in [6.45, 7) is 6.43. The molecule has 0 aromatic rings. The molecule has 0 atom stereocenters. The highest BCUT2D eigenvalue weighted by Gasteiger charge is 2.05. The molecular weight excluding hydrogens is 132 g/mol. The van der Waals surface area contributed by atoms with Gasteiger partial charge in [-0.1, -0.05) is 0 Å². The van der Waals surface area contributed by atoms with Gasteiger partial charge in [0, 0.05) is 20.3 Å². The minimum atomic E-state index is -1.19. The molecule has 10 heavy (non-hydrogen) atoms. The van der Waals surface area contributed by atoms with Crippen LogP contribution in [-0.2, 0) is 4.79 Å². The Bertz CT molecular complexity index is 200. The third kappa shape index (κ3) is 2.72. The maximum Gasteiger partial charge on any atom is 0.335 e. The van der Waals surface area contributed by atoms with Crippen LogP contribution in [0.25, 0.3) is 4.85 Å². The van der Waals surface area contributed by atoms with Crippen molar-refractivity contribution in [2.24, 2.45) is 0 Å². The second kappa shape index (κ2) is 3.51. The van der Waals surface area contributed by atoms with Crippen LogP contribution in [0, 0.1) is 6.57 Å². The van der Waals surface area contributed by atoms with Gasteiger partial charge in [-0.3, -0.25) is 4.79 Å². The van der Waals surface area contributed by atoms with Gasteiger partial charge in [-0.05, 0) is 0 Å². The van der Waals surface area contributed by atoms with E-state index in [4.69, 9.17) is 11.7 Å². The third-order valence-electron chi connectivity index (χ3n) is 0.720. The number of nitrogens with zero attached hydrogens (tertiary/aromatic N) is 2. The first-order valence-corrected chi connectivity index (χ1v) is 2.57. The zero-order valence-electron chi connectivity index (χ0n) is 5.83. The van der Waals surface area contributed by atoms with Crippen LogP contribution >= 0.6 is 0 Å². The highest BCUT2D eigenvalue weighted by molar-refractivity contribution is 5.88. The van der Waals surface area contributed by atoms with E-state index in [0.29, 0.717) is 0 Å². The molecule has 0 aromatic carbocycles. The molecule has 0 spiro atoms. The second-order valence-corrected chi connectivity index (χ2v) is 1.89. The van der Waals surface area contributed by atoms with Gasteiger partial charge < -0.3 is 10.0 Å². The molecule has 54 valence electrons. The second-order valence-electron chi connectivity index (χ2n) is 1.89. The van der Waals surface area contributed by atoms with E-state index in [1.807, 2.05) is 0 Å². The average Bonchev–Trinajstić information content (AvgIpc) is 1.81. The Morgan fingerprint density at radius 1 is 1.70 bits per heavy atom. The number of aliphatic carboxylic acids is 1. The first-order valence-electron chi connectivity index (χ1n) is 2.57. The van der Waals surface area contributed by atoms with Crippen LogP contribution in [0.1, 0.15) is 0 Å². The number of carboxylic acid groups (broad SMARTS) is 1. The Morgan fingerprint density at radius 3 is 2.30 bits per heavy atom. The highest BCUT2D eigenvalue weighted by Crippen LogP contribution is 1.96. The van der Waals surface area contributed by atoms with Crippen molar-refractivity contribution in [2.75, 3.05) is 14.1 Å². The van der Waals surface area contributed by atoms with Crippen LogP contribution in [0.2, 0.25) is 0 Å². The maximum absolute atomic E-state index is 10.2. The molecule has 0 aliphatic heterocycles. The zero-order chi connectivity index (χ0) is 8.15. The molecule has 0 aliphatic carbocycles. The number of carboxylic acids is 1. The molecule has 0 saturated heterocycles. The van der Waals surface area contributed by atoms with E-state index in [-0.39, 0.29) is 5.70 Å². The van der Waals surface area contributed by atoms with Crippen molar-refractivity contribution < 1.29 is 9.90 Å². The third-order valence-corrected chi connectivity index (χ3v) is 0.720. The molecule has 0 rings (SSSR count). The number of hydrogen-bond acceptors (Lipinski definition) is 2. The fourth-order valence-electron chi connectivity index (χ4n) is 0.376. The molecule has 0 aliphatic rings. The van der Waals surface area contributed by atoms with Gasteiger partial charge in [0.1, 0.15) is 0 Å². The molecule has 4 heteroatoms. The lowest BCUT2D eigenvalue weighted by Gasteiger charge is -2.03. The van der Waals surface area contributed by atoms with Gasteiger partial charge in [-0.2, -0.15) is 0 Å². The predicted molar refractivity (Wildman–Crippen MR) is 36.0 cm³/mol. The minimum Gasteiger partial charge on any atom is -0.486 e. The van der Waals surface area contributed by atoms with Gasteiger partial charge >= 0.3 is 5.97 Å². The van der Waals surface area contributed by atoms with Crippen molar-refractivity contribution in [3.05, 3.63) is 23.3 Å². The van der Waals surface area contributed by atoms with E-state index < -0.39 is 5.97 Å². The number of rotatable bonds is 2. The molecule has 1 N–H and O–H groups in total. The SMILES string of the molecule is [C-]#[N+]/C(=C\N(C)C)C(=O)O. The lowest BCUT2D eigenvalue weighted by Crippen LogP contribution is -2.06. The average molecular weight is 140 g/mol. The molecule has 0 radical (unpaired) electrons. The van der Waals surface area contributed by atoms with Crippen molar-refractivity contribution in [2.45, 2.75) is 0 Å². The summed E-state index contributed by atoms with van der Waals surface area (Å²) in [7, 11) is 3.32. The topological polar surface area (TPSA) is 44.9 Å². The van der Waals surface area contributed by atoms with Gasteiger partial charge in [-0.25, -0.2) is 4.85 Å². The fourth-order valence-corrected chi connectivity index (χ4v) is 0.376. The van der Waals surface area contributed by atoms with Crippen LogP contribution < -0.4 is 0 Å². The molecule has 4 nitrogen and oxygen atoms in total. The first-order chi connectivity index (χ1) is 4.57. The summed E-state index contributed by atoms with van der Waals surface area (Å²) in [6, 6.07) is 0. The summed E-state index contributed by atoms with van der Waals surface area (Å²) in [5.74, 6) is -1.19. The number of hydrogen-bond donors (Lipinski definition) is 1. The van der Waals surface area contributed by atoms with Crippen molar-refractivity contribution in [3.63, 3.8) is 0 Å². The Balaban J connectivity index is 4.39. The first kappa shape index (κ1) is 8.50. The molecule has 0 bridgehead atoms. The Hall–Kier alpha value is -1.50. The quantitative estimate of drug-likeness (QED) is 0.446. The summed E-state index contributed by atoms with van der Waals surface area (Å²) in [6.07, 6.45) is 1.26. The molecule has 0 aromatic heterocycles. The molecule has 0 unspecified atom stereocenters. The largest absolute Gasteiger partial charge is 0.486 e. The zero-order valence-corrected chi connectivity index (χ0v) is 5.83. The Kier molecular flexibility index (Phi) is 2.98. The standard InChI is InChI=1S/C6H8N2O2/c1-7-5(6(9)10)4-8(2)3/h4H,2-3H3,(H,9,10)/b5-4-. The normalized spacial score (nSPS) is 10.3. The van der Waals surface area contributed by atoms with Crippen molar-refractivity contribution in [1.82, 2.24) is 4.90 Å². The summed E-state index contributed by atoms with van der Waals surface area (Å²) < 4.78 is 0. The van der Waals surface area contributed by atoms with E-state index in [2.05, 4.69) is 4.85 Å². The van der Waals surface area contributed by atoms with Gasteiger partial charge in [0.2, 0.25) is 0 Å². The Morgan fingerprint density at radius 2 is 2.20 bits per heavy atom. The van der Waals surface area contributed by atoms with E-state index in [1.165, 1.54) is 11.1 Å². The minimum absolute atomic E-state index is 0.273. The van der Waals surface area contributed by atoms with E-state index in [1.54, 1.807) is 14.1 Å². The van der Waals surface area contributed by atoms with Gasteiger partial charge in [0.25, 0.3) is 5.70 Å². The maximum atomic E-state index is 10.2. The van der Waals surface area contributed by atoms with Gasteiger partial charge in [0.05, 0.1) is 6.57 Å². The van der Waals surface area contributed by atoms with E-state index in [0.717, 1.165) is 0 Å². The monoisotopic (exact) mass is 140 g/mol. The Labute approximate surface area is 59.2 Å². The molecule has 0 fully saturated rings. The van der Waals surface area contributed by atoms with Gasteiger partial charge in [-0.15, -0.1) is 0 Å².